The Morgan fingerprint density at radius 2 is 0.709 bits per heavy atom. The second-order valence-corrected chi connectivity index (χ2v) is 28.3. The van der Waals surface area contributed by atoms with E-state index >= 15 is 0 Å². The SMILES string of the molecule is CC(=O)O.CC(=O)OC(C)=O.CC1(C)OC2O[C@H](COC(c3ccccc3)(c3ccccc3)c3ccccc3)[C@H](O)[C@H]2O1.CCCCCCCCO[C@H]1[C@@H](COC(C)=O)OC(OC(C)=O)[C@@H]1OC(C)=O.CCCCCCCCO[C@H]1[C@@H](COC(c2ccccc2)(c2ccccc2)c2ccccc2)OC2OC(C)(C)O[C@@H]21. The van der Waals surface area contributed by atoms with Crippen LogP contribution >= 0.6 is 0 Å². The fraction of sp³-hybridized carbons (Fsp3) is 0.517. The molecule has 0 radical (unpaired) electrons. The van der Waals surface area contributed by atoms with Gasteiger partial charge in [0, 0.05) is 54.8 Å². The molecule has 5 fully saturated rings. The molecule has 12 atom stereocenters. The molecule has 0 spiro atoms. The van der Waals surface area contributed by atoms with Crippen molar-refractivity contribution in [3.8, 4) is 0 Å². The molecular formula is C87H114O23. The van der Waals surface area contributed by atoms with Gasteiger partial charge >= 0.3 is 29.8 Å². The Balaban J connectivity index is 0.000000218. The van der Waals surface area contributed by atoms with Crippen molar-refractivity contribution in [2.45, 2.75) is 257 Å². The van der Waals surface area contributed by atoms with Gasteiger partial charge in [-0.2, -0.15) is 0 Å². The minimum Gasteiger partial charge on any atom is -0.481 e. The maximum absolute atomic E-state index is 11.5. The van der Waals surface area contributed by atoms with Crippen LogP contribution in [0.1, 0.15) is 194 Å². The fourth-order valence-electron chi connectivity index (χ4n) is 13.7. The number of unbranched alkanes of at least 4 members (excludes halogenated alkanes) is 10. The molecule has 0 saturated carbocycles. The lowest BCUT2D eigenvalue weighted by atomic mass is 9.80. The zero-order valence-corrected chi connectivity index (χ0v) is 65.7. The topological polar surface area (TPSA) is 281 Å². The number of hydrogen-bond acceptors (Lipinski definition) is 22. The average Bonchev–Trinajstić information content (AvgIpc) is 1.17. The number of ether oxygens (including phenoxy) is 15. The van der Waals surface area contributed by atoms with Crippen molar-refractivity contribution in [3.63, 3.8) is 0 Å². The minimum atomic E-state index is -1.10. The van der Waals surface area contributed by atoms with Crippen LogP contribution in [-0.4, -0.2) is 164 Å². The predicted molar refractivity (Wildman–Crippen MR) is 408 cm³/mol. The molecule has 5 aliphatic heterocycles. The molecule has 110 heavy (non-hydrogen) atoms. The standard InChI is InChI=1S/C35H44O5.C27H28O5.C19H32O8.C4H6O3.C2H4O2/c1-4-5-6-7-8-18-25-36-31-30(38-33-32(31)39-34(2,3)40-33)26-37-35(27-19-12-9-13-20-27,28-21-14-10-15-22-28)29-23-16-11-17-24-29;1-26(2)31-24-23(28)22(30-25(24)32-26)18-29-27(19-12-6-3-7-13-19,20-14-8-4-9-15-20)21-16-10-5-11-17-21;1-5-6-7-8-9-10-11-23-17-16(12-24-13(2)20)27-19(26-15(4)22)18(17)25-14(3)21;1-3(5)7-4(2)6;1-2(3)4/h9-17,19-24,30-33H,4-8,18,25-26H2,1-3H3;3-17,22-25,28H,18H2,1-2H3;16-19H,5-12H2,1-4H3;1-2H3;1H3,(H,3,4)/t30-,31+,32-,33?;22-,23+,24-,25?;16-,17+,18-,19?;;/m111../s1. The second-order valence-electron chi connectivity index (χ2n) is 28.3. The Morgan fingerprint density at radius 3 is 1.05 bits per heavy atom. The first-order valence-electron chi connectivity index (χ1n) is 38.3. The summed E-state index contributed by atoms with van der Waals surface area (Å²) < 4.78 is 87.7. The molecule has 0 aliphatic carbocycles. The van der Waals surface area contributed by atoms with Crippen LogP contribution in [0.2, 0.25) is 0 Å². The summed E-state index contributed by atoms with van der Waals surface area (Å²) in [5, 5.41) is 18.3. The van der Waals surface area contributed by atoms with Gasteiger partial charge in [-0.25, -0.2) is 0 Å². The van der Waals surface area contributed by atoms with Gasteiger partial charge in [-0.05, 0) is 73.9 Å². The summed E-state index contributed by atoms with van der Waals surface area (Å²) in [6.45, 7) is 20.7. The molecule has 6 aromatic rings. The van der Waals surface area contributed by atoms with Crippen LogP contribution in [0.25, 0.3) is 0 Å². The number of carbonyl (C=O) groups is 6. The first-order chi connectivity index (χ1) is 52.7. The number of aliphatic hydroxyl groups is 1. The van der Waals surface area contributed by atoms with Crippen LogP contribution in [0.5, 0.6) is 0 Å². The number of fused-ring (bicyclic) bond motifs is 2. The number of esters is 5. The molecule has 6 aromatic carbocycles. The maximum atomic E-state index is 11.5. The number of rotatable bonds is 32. The van der Waals surface area contributed by atoms with Crippen molar-refractivity contribution < 1.29 is 110 Å². The highest BCUT2D eigenvalue weighted by molar-refractivity contribution is 5.82. The lowest BCUT2D eigenvalue weighted by Crippen LogP contribution is -2.42. The smallest absolute Gasteiger partial charge is 0.310 e. The third-order valence-electron chi connectivity index (χ3n) is 18.4. The predicted octanol–water partition coefficient (Wildman–Crippen LogP) is 14.6. The number of carboxylic acid groups (broad SMARTS) is 1. The Labute approximate surface area is 648 Å². The average molecular weight is 1530 g/mol. The van der Waals surface area contributed by atoms with Gasteiger partial charge in [-0.1, -0.05) is 260 Å². The lowest BCUT2D eigenvalue weighted by molar-refractivity contribution is -0.227. The summed E-state index contributed by atoms with van der Waals surface area (Å²) in [5.41, 5.74) is 4.48. The largest absolute Gasteiger partial charge is 0.481 e. The summed E-state index contributed by atoms with van der Waals surface area (Å²) in [6.07, 6.45) is 6.61. The van der Waals surface area contributed by atoms with Gasteiger partial charge in [-0.3, -0.25) is 28.8 Å². The molecule has 5 heterocycles. The van der Waals surface area contributed by atoms with E-state index in [2.05, 4.69) is 128 Å². The van der Waals surface area contributed by atoms with Crippen LogP contribution < -0.4 is 0 Å². The quantitative estimate of drug-likeness (QED) is 0.0130. The Morgan fingerprint density at radius 1 is 0.382 bits per heavy atom. The van der Waals surface area contributed by atoms with E-state index in [0.29, 0.717) is 19.8 Å². The Bertz CT molecular complexity index is 3470. The molecule has 0 amide bonds. The monoisotopic (exact) mass is 1530 g/mol. The van der Waals surface area contributed by atoms with E-state index in [1.807, 2.05) is 100 Å². The van der Waals surface area contributed by atoms with E-state index in [-0.39, 0.29) is 31.5 Å². The molecule has 23 heteroatoms. The summed E-state index contributed by atoms with van der Waals surface area (Å²) in [4.78, 5) is 62.5. The maximum Gasteiger partial charge on any atom is 0.310 e. The Kier molecular flexibility index (Phi) is 36.3. The van der Waals surface area contributed by atoms with Crippen molar-refractivity contribution >= 4 is 35.8 Å². The first kappa shape index (κ1) is 89.1. The molecule has 11 rings (SSSR count). The van der Waals surface area contributed by atoms with Gasteiger partial charge < -0.3 is 81.3 Å². The number of aliphatic hydroxyl groups excluding tert-OH is 1. The molecule has 0 aromatic heterocycles. The fourth-order valence-corrected chi connectivity index (χ4v) is 13.7. The van der Waals surface area contributed by atoms with E-state index in [1.54, 1.807) is 0 Å². The number of benzene rings is 6. The van der Waals surface area contributed by atoms with Gasteiger partial charge in [0.15, 0.2) is 30.3 Å². The van der Waals surface area contributed by atoms with Crippen molar-refractivity contribution in [1.82, 2.24) is 0 Å². The van der Waals surface area contributed by atoms with Crippen molar-refractivity contribution in [1.29, 1.82) is 0 Å². The van der Waals surface area contributed by atoms with E-state index in [4.69, 9.17) is 76.2 Å². The van der Waals surface area contributed by atoms with E-state index in [9.17, 15) is 29.1 Å². The second kappa shape index (κ2) is 44.8. The van der Waals surface area contributed by atoms with Crippen molar-refractivity contribution in [2.75, 3.05) is 33.0 Å². The number of carbonyl (C=O) groups excluding carboxylic acids is 5. The van der Waals surface area contributed by atoms with E-state index in [0.717, 1.165) is 66.0 Å². The van der Waals surface area contributed by atoms with Crippen LogP contribution in [0, 0.1) is 0 Å². The summed E-state index contributed by atoms with van der Waals surface area (Å²) in [6, 6.07) is 61.7. The minimum absolute atomic E-state index is 0.0774. The molecular weight excluding hydrogens is 1410 g/mol. The summed E-state index contributed by atoms with van der Waals surface area (Å²) in [7, 11) is 0. The van der Waals surface area contributed by atoms with Gasteiger partial charge in [0.05, 0.1) is 13.2 Å². The zero-order valence-electron chi connectivity index (χ0n) is 65.7. The molecule has 23 nitrogen and oxygen atoms in total. The van der Waals surface area contributed by atoms with Crippen LogP contribution in [0.4, 0.5) is 0 Å². The zero-order chi connectivity index (χ0) is 79.7. The van der Waals surface area contributed by atoms with Crippen molar-refractivity contribution in [2.24, 2.45) is 0 Å². The number of aliphatic carboxylic acids is 1. The Hall–Kier alpha value is -8.14. The highest BCUT2D eigenvalue weighted by Crippen LogP contribution is 2.46. The van der Waals surface area contributed by atoms with Crippen LogP contribution in [0.3, 0.4) is 0 Å². The molecule has 0 bridgehead atoms. The van der Waals surface area contributed by atoms with Gasteiger partial charge in [0.1, 0.15) is 66.6 Å². The molecule has 600 valence electrons. The van der Waals surface area contributed by atoms with Crippen molar-refractivity contribution in [3.05, 3.63) is 215 Å². The molecule has 5 aliphatic rings. The summed E-state index contributed by atoms with van der Waals surface area (Å²) >= 11 is 0. The third kappa shape index (κ3) is 26.8. The third-order valence-corrected chi connectivity index (χ3v) is 18.4. The van der Waals surface area contributed by atoms with Crippen LogP contribution in [-0.2, 0) is 111 Å². The van der Waals surface area contributed by atoms with Gasteiger partial charge in [0.25, 0.3) is 5.97 Å². The number of carboxylic acids is 1. The van der Waals surface area contributed by atoms with E-state index < -0.39 is 114 Å². The van der Waals surface area contributed by atoms with E-state index in [1.165, 1.54) is 86.0 Å². The molecule has 5 saturated heterocycles. The highest BCUT2D eigenvalue weighted by Gasteiger charge is 2.58. The highest BCUT2D eigenvalue weighted by atomic mass is 16.9. The first-order valence-corrected chi connectivity index (χ1v) is 38.3. The van der Waals surface area contributed by atoms with Crippen LogP contribution in [0.15, 0.2) is 182 Å². The van der Waals surface area contributed by atoms with Gasteiger partial charge in [-0.15, -0.1) is 0 Å². The summed E-state index contributed by atoms with van der Waals surface area (Å²) in [5.74, 6) is -5.01. The lowest BCUT2D eigenvalue weighted by Gasteiger charge is -2.37. The molecule has 2 N–H and O–H groups in total. The molecule has 3 unspecified atom stereocenters. The number of hydrogen-bond donors (Lipinski definition) is 2. The van der Waals surface area contributed by atoms with Gasteiger partial charge in [0.2, 0.25) is 6.29 Å². The normalized spacial score (nSPS) is 23.1.